The molecule has 0 bridgehead atoms. The minimum Gasteiger partial charge on any atom is -0.332 e. The second-order valence-electron chi connectivity index (χ2n) is 13.3. The third-order valence-electron chi connectivity index (χ3n) is 10.1. The van der Waals surface area contributed by atoms with Gasteiger partial charge in [-0.05, 0) is 90.8 Å². The highest BCUT2D eigenvalue weighted by Crippen LogP contribution is 2.46. The van der Waals surface area contributed by atoms with Crippen LogP contribution in [0.25, 0.3) is 0 Å². The van der Waals surface area contributed by atoms with Gasteiger partial charge in [0.1, 0.15) is 18.2 Å². The maximum absolute atomic E-state index is 14.3. The number of hydrogen-bond donors (Lipinski definition) is 3. The van der Waals surface area contributed by atoms with Gasteiger partial charge in [-0.25, -0.2) is 8.78 Å². The van der Waals surface area contributed by atoms with E-state index in [0.29, 0.717) is 36.4 Å². The van der Waals surface area contributed by atoms with Crippen molar-refractivity contribution in [2.45, 2.75) is 76.8 Å². The van der Waals surface area contributed by atoms with Crippen LogP contribution in [-0.2, 0) is 27.2 Å². The summed E-state index contributed by atoms with van der Waals surface area (Å²) in [6.07, 6.45) is 17.8. The van der Waals surface area contributed by atoms with Gasteiger partial charge in [-0.2, -0.15) is 0 Å². The van der Waals surface area contributed by atoms with Crippen LogP contribution in [0.4, 0.5) is 14.5 Å². The molecule has 2 aliphatic heterocycles. The van der Waals surface area contributed by atoms with Crippen LogP contribution >= 0.6 is 0 Å². The molecule has 2 aliphatic carbocycles. The predicted molar refractivity (Wildman–Crippen MR) is 177 cm³/mol. The minimum atomic E-state index is -0.730. The highest BCUT2D eigenvalue weighted by Gasteiger charge is 2.48. The van der Waals surface area contributed by atoms with Gasteiger partial charge in [0, 0.05) is 24.5 Å². The zero-order valence-corrected chi connectivity index (χ0v) is 26.8. The van der Waals surface area contributed by atoms with Gasteiger partial charge in [0.15, 0.2) is 0 Å². The minimum absolute atomic E-state index is 0.0515. The van der Waals surface area contributed by atoms with E-state index in [9.17, 15) is 23.2 Å². The van der Waals surface area contributed by atoms with E-state index >= 15 is 0 Å². The van der Waals surface area contributed by atoms with Crippen molar-refractivity contribution < 1.29 is 23.2 Å². The summed E-state index contributed by atoms with van der Waals surface area (Å²) in [4.78, 5) is 42.0. The number of carbonyl (C=O) groups is 3. The molecule has 7 nitrogen and oxygen atoms in total. The Morgan fingerprint density at radius 2 is 1.79 bits per heavy atom. The molecular weight excluding hydrogens is 598 g/mol. The van der Waals surface area contributed by atoms with E-state index in [4.69, 9.17) is 0 Å². The van der Waals surface area contributed by atoms with Crippen molar-refractivity contribution in [3.63, 3.8) is 0 Å². The van der Waals surface area contributed by atoms with E-state index < -0.39 is 35.0 Å². The molecule has 3 amide bonds. The van der Waals surface area contributed by atoms with Crippen LogP contribution in [0.15, 0.2) is 78.2 Å². The summed E-state index contributed by atoms with van der Waals surface area (Å²) in [5.41, 5.74) is 6.07. The smallest absolute Gasteiger partial charge is 0.244 e. The molecule has 2 aromatic carbocycles. The van der Waals surface area contributed by atoms with Crippen LogP contribution in [0.2, 0.25) is 0 Å². The Kier molecular flexibility index (Phi) is 9.85. The average molecular weight is 641 g/mol. The molecule has 9 heteroatoms. The molecule has 2 heterocycles. The molecule has 3 unspecified atom stereocenters. The molecule has 0 aromatic heterocycles. The number of carbonyl (C=O) groups excluding carboxylic acids is 3. The summed E-state index contributed by atoms with van der Waals surface area (Å²) in [5, 5.41) is 9.16. The van der Waals surface area contributed by atoms with Crippen LogP contribution in [-0.4, -0.2) is 41.8 Å². The van der Waals surface area contributed by atoms with Gasteiger partial charge in [-0.15, -0.1) is 5.73 Å². The number of allylic oxidation sites excluding steroid dienone is 3. The second kappa shape index (κ2) is 14.2. The third kappa shape index (κ3) is 7.16. The van der Waals surface area contributed by atoms with Crippen LogP contribution < -0.4 is 16.0 Å². The fraction of sp³-hybridized carbons (Fsp3) is 0.421. The van der Waals surface area contributed by atoms with Crippen LogP contribution in [0.1, 0.15) is 74.6 Å². The van der Waals surface area contributed by atoms with Gasteiger partial charge >= 0.3 is 0 Å². The molecule has 2 fully saturated rings. The lowest BCUT2D eigenvalue weighted by Gasteiger charge is -2.40. The summed E-state index contributed by atoms with van der Waals surface area (Å²) in [7, 11) is 0. The maximum Gasteiger partial charge on any atom is 0.244 e. The Balaban J connectivity index is 1.18. The molecule has 2 aromatic rings. The fourth-order valence-corrected chi connectivity index (χ4v) is 7.71. The van der Waals surface area contributed by atoms with Gasteiger partial charge in [0.25, 0.3) is 0 Å². The van der Waals surface area contributed by atoms with E-state index in [2.05, 4.69) is 21.7 Å². The molecule has 246 valence electrons. The van der Waals surface area contributed by atoms with Crippen molar-refractivity contribution in [3.8, 4) is 0 Å². The number of halogens is 2. The molecule has 1 saturated carbocycles. The average Bonchev–Trinajstić information content (AvgIpc) is 3.43. The standard InChI is InChI=1S/C38H42F2N4O3/c1-2-3-4-9-12-29-22-42-37(47)38(29)20-26-13-14-32(18-28(26)21-38)43-35(45)24-44-34(27-16-30(39)19-31(40)17-27)23-41-33(36(44)46)15-25-10-7-5-6-8-11-25/h2,4,9,12-14,16-19,22,25,33-34,41H,5-8,10-11,15,20-21,23-24H2,1H3,(H,42,47)(H,43,45)/b12-9-. The Morgan fingerprint density at radius 1 is 1.04 bits per heavy atom. The summed E-state index contributed by atoms with van der Waals surface area (Å²) in [6, 6.07) is 7.73. The molecule has 3 N–H and O–H groups in total. The van der Waals surface area contributed by atoms with Gasteiger partial charge in [0.05, 0.1) is 17.5 Å². The first-order valence-electron chi connectivity index (χ1n) is 16.7. The summed E-state index contributed by atoms with van der Waals surface area (Å²) < 4.78 is 28.5. The molecular formula is C38H42F2N4O3. The number of anilines is 1. The van der Waals surface area contributed by atoms with E-state index in [0.717, 1.165) is 48.4 Å². The highest BCUT2D eigenvalue weighted by atomic mass is 19.1. The quantitative estimate of drug-likeness (QED) is 0.182. The number of piperazine rings is 1. The summed E-state index contributed by atoms with van der Waals surface area (Å²) >= 11 is 0. The highest BCUT2D eigenvalue weighted by molar-refractivity contribution is 5.96. The van der Waals surface area contributed by atoms with Gasteiger partial charge in [0.2, 0.25) is 17.7 Å². The van der Waals surface area contributed by atoms with Crippen molar-refractivity contribution in [1.29, 1.82) is 0 Å². The maximum atomic E-state index is 14.3. The lowest BCUT2D eigenvalue weighted by molar-refractivity contribution is -0.142. The summed E-state index contributed by atoms with van der Waals surface area (Å²) in [6.45, 7) is 1.92. The number of nitrogens with one attached hydrogen (secondary N) is 3. The zero-order chi connectivity index (χ0) is 33.0. The lowest BCUT2D eigenvalue weighted by atomic mass is 9.78. The second-order valence-corrected chi connectivity index (χ2v) is 13.3. The molecule has 4 aliphatic rings. The van der Waals surface area contributed by atoms with Crippen molar-refractivity contribution in [2.24, 2.45) is 11.3 Å². The Morgan fingerprint density at radius 3 is 2.53 bits per heavy atom. The van der Waals surface area contributed by atoms with E-state index in [1.54, 1.807) is 12.3 Å². The molecule has 0 radical (unpaired) electrons. The van der Waals surface area contributed by atoms with Crippen molar-refractivity contribution in [1.82, 2.24) is 15.5 Å². The predicted octanol–water partition coefficient (Wildman–Crippen LogP) is 6.19. The number of hydrogen-bond acceptors (Lipinski definition) is 4. The zero-order valence-electron chi connectivity index (χ0n) is 26.8. The summed E-state index contributed by atoms with van der Waals surface area (Å²) in [5.74, 6) is -1.72. The van der Waals surface area contributed by atoms with Crippen molar-refractivity contribution in [2.75, 3.05) is 18.4 Å². The van der Waals surface area contributed by atoms with Crippen molar-refractivity contribution >= 4 is 23.4 Å². The first-order valence-corrected chi connectivity index (χ1v) is 16.7. The van der Waals surface area contributed by atoms with Crippen molar-refractivity contribution in [3.05, 3.63) is 107 Å². The number of nitrogens with zero attached hydrogens (tertiary/aromatic N) is 1. The van der Waals surface area contributed by atoms with E-state index in [1.165, 1.54) is 29.9 Å². The Bertz CT molecular complexity index is 1650. The monoisotopic (exact) mass is 640 g/mol. The SMILES string of the molecule is CC=C=C/C=C\C1=CNC(=O)C12Cc1ccc(NC(=O)CN3C(=O)C(CC4CCCCCC4)NCC3c3cc(F)cc(F)c3)cc1C2. The van der Waals surface area contributed by atoms with Gasteiger partial charge in [-0.1, -0.05) is 56.7 Å². The fourth-order valence-electron chi connectivity index (χ4n) is 7.71. The molecule has 47 heavy (non-hydrogen) atoms. The molecule has 3 atom stereocenters. The first kappa shape index (κ1) is 32.6. The Hall–Kier alpha value is -4.33. The van der Waals surface area contributed by atoms with Crippen LogP contribution in [0, 0.1) is 23.0 Å². The topological polar surface area (TPSA) is 90.5 Å². The number of amides is 3. The lowest BCUT2D eigenvalue weighted by Crippen LogP contribution is -2.58. The number of benzene rings is 2. The third-order valence-corrected chi connectivity index (χ3v) is 10.1. The van der Waals surface area contributed by atoms with E-state index in [-0.39, 0.29) is 24.9 Å². The largest absolute Gasteiger partial charge is 0.332 e. The molecule has 1 saturated heterocycles. The number of rotatable bonds is 8. The molecule has 1 spiro atoms. The van der Waals surface area contributed by atoms with Gasteiger partial charge < -0.3 is 20.9 Å². The number of fused-ring (bicyclic) bond motifs is 1. The molecule has 6 rings (SSSR count). The normalized spacial score (nSPS) is 24.5. The van der Waals surface area contributed by atoms with Crippen LogP contribution in [0.5, 0.6) is 0 Å². The van der Waals surface area contributed by atoms with E-state index in [1.807, 2.05) is 43.4 Å². The van der Waals surface area contributed by atoms with Gasteiger partial charge in [-0.3, -0.25) is 14.4 Å². The van der Waals surface area contributed by atoms with Crippen LogP contribution in [0.3, 0.4) is 0 Å². The Labute approximate surface area is 274 Å². The first-order chi connectivity index (χ1) is 22.8.